The first kappa shape index (κ1) is 17.8. The van der Waals surface area contributed by atoms with Crippen molar-refractivity contribution in [3.8, 4) is 5.75 Å². The normalized spacial score (nSPS) is 15.1. The minimum absolute atomic E-state index is 0.233. The number of nitrogens with zero attached hydrogens (tertiary/aromatic N) is 1. The Morgan fingerprint density at radius 3 is 2.21 bits per heavy atom. The number of rotatable bonds is 4. The van der Waals surface area contributed by atoms with Crippen LogP contribution in [-0.2, 0) is 6.42 Å². The van der Waals surface area contributed by atoms with Crippen molar-refractivity contribution in [2.45, 2.75) is 12.5 Å². The van der Waals surface area contributed by atoms with Crippen LogP contribution in [0.3, 0.4) is 0 Å². The molecule has 0 saturated heterocycles. The molecule has 1 unspecified atom stereocenters. The lowest BCUT2D eigenvalue weighted by molar-refractivity contribution is 0.176. The lowest BCUT2D eigenvalue weighted by atomic mass is 10.0. The van der Waals surface area contributed by atoms with Gasteiger partial charge in [-0.05, 0) is 18.1 Å². The molecule has 0 aliphatic carbocycles. The predicted molar refractivity (Wildman–Crippen MR) is 109 cm³/mol. The maximum absolute atomic E-state index is 10.8. The first-order chi connectivity index (χ1) is 13.7. The van der Waals surface area contributed by atoms with Crippen molar-refractivity contribution in [2.75, 3.05) is 6.61 Å². The Bertz CT molecular complexity index is 959. The van der Waals surface area contributed by atoms with Crippen LogP contribution in [0, 0.1) is 0 Å². The molecule has 0 radical (unpaired) electrons. The fraction of sp³-hybridized carbons (Fsp3) is 0.130. The summed E-state index contributed by atoms with van der Waals surface area (Å²) in [5, 5.41) is 11.4. The maximum Gasteiger partial charge on any atom is 0.405 e. The molecule has 3 aromatic rings. The van der Waals surface area contributed by atoms with E-state index >= 15 is 0 Å². The zero-order valence-electron chi connectivity index (χ0n) is 15.2. The first-order valence-corrected chi connectivity index (χ1v) is 9.14. The number of benzene rings is 3. The molecule has 5 heteroatoms. The van der Waals surface area contributed by atoms with Crippen molar-refractivity contribution >= 4 is 17.5 Å². The van der Waals surface area contributed by atoms with Crippen molar-refractivity contribution in [2.24, 2.45) is 4.99 Å². The molecule has 0 bridgehead atoms. The number of amides is 1. The highest BCUT2D eigenvalue weighted by Crippen LogP contribution is 2.30. The average Bonchev–Trinajstić information content (AvgIpc) is 2.73. The molecule has 2 N–H and O–H groups in total. The van der Waals surface area contributed by atoms with Crippen LogP contribution in [0.4, 0.5) is 10.5 Å². The molecule has 1 atom stereocenters. The smallest absolute Gasteiger partial charge is 0.405 e. The van der Waals surface area contributed by atoms with Crippen LogP contribution in [0.25, 0.3) is 0 Å². The van der Waals surface area contributed by atoms with E-state index in [2.05, 4.69) is 5.32 Å². The van der Waals surface area contributed by atoms with Crippen LogP contribution >= 0.6 is 0 Å². The summed E-state index contributed by atoms with van der Waals surface area (Å²) in [5.41, 5.74) is 4.74. The molecule has 0 aromatic heterocycles. The second kappa shape index (κ2) is 7.96. The van der Waals surface area contributed by atoms with Crippen molar-refractivity contribution in [1.82, 2.24) is 5.32 Å². The largest absolute Gasteiger partial charge is 0.491 e. The highest BCUT2D eigenvalue weighted by molar-refractivity contribution is 6.13. The number of nitrogens with one attached hydrogen (secondary N) is 1. The molecule has 1 aliphatic rings. The second-order valence-electron chi connectivity index (χ2n) is 6.65. The predicted octanol–water partition coefficient (Wildman–Crippen LogP) is 4.43. The molecule has 28 heavy (non-hydrogen) atoms. The third-order valence-electron chi connectivity index (χ3n) is 4.62. The van der Waals surface area contributed by atoms with Gasteiger partial charge in [0.15, 0.2) is 0 Å². The molecule has 140 valence electrons. The van der Waals surface area contributed by atoms with Crippen molar-refractivity contribution in [3.63, 3.8) is 0 Å². The highest BCUT2D eigenvalue weighted by Gasteiger charge is 2.21. The second-order valence-corrected chi connectivity index (χ2v) is 6.65. The highest BCUT2D eigenvalue weighted by atomic mass is 16.5. The number of carbonyl (C=O) groups is 1. The molecule has 0 fully saturated rings. The van der Waals surface area contributed by atoms with E-state index in [-0.39, 0.29) is 6.04 Å². The number of hydrogen-bond acceptors (Lipinski definition) is 3. The monoisotopic (exact) mass is 372 g/mol. The number of fused-ring (bicyclic) bond motifs is 1. The van der Waals surface area contributed by atoms with E-state index in [9.17, 15) is 4.79 Å². The summed E-state index contributed by atoms with van der Waals surface area (Å²) >= 11 is 0. The van der Waals surface area contributed by atoms with Crippen molar-refractivity contribution in [1.29, 1.82) is 0 Å². The summed E-state index contributed by atoms with van der Waals surface area (Å²) in [5.74, 6) is 0.755. The van der Waals surface area contributed by atoms with Gasteiger partial charge in [0.1, 0.15) is 12.4 Å². The van der Waals surface area contributed by atoms with E-state index < -0.39 is 6.09 Å². The number of hydrogen-bond donors (Lipinski definition) is 2. The van der Waals surface area contributed by atoms with Gasteiger partial charge in [-0.2, -0.15) is 0 Å². The Labute approximate surface area is 163 Å². The number of aliphatic imine (C=N–C) groups is 1. The standard InChI is InChI=1S/C23H20N2O3/c26-23(27)25-20-13-18-11-12-19(14-21(18)28-15-20)24-22(16-7-3-1-4-8-16)17-9-5-2-6-10-17/h1-12,14,20,25H,13,15H2,(H,26,27). The molecule has 5 nitrogen and oxygen atoms in total. The summed E-state index contributed by atoms with van der Waals surface area (Å²) in [6.45, 7) is 0.316. The van der Waals surface area contributed by atoms with Gasteiger partial charge in [-0.3, -0.25) is 0 Å². The molecule has 1 heterocycles. The Balaban J connectivity index is 1.67. The van der Waals surface area contributed by atoms with Crippen molar-refractivity contribution < 1.29 is 14.6 Å². The van der Waals surface area contributed by atoms with Gasteiger partial charge in [0.2, 0.25) is 0 Å². The van der Waals surface area contributed by atoms with Crippen LogP contribution in [0.2, 0.25) is 0 Å². The molecular formula is C23H20N2O3. The molecule has 4 rings (SSSR count). The Kier molecular flexibility index (Phi) is 5.06. The fourth-order valence-electron chi connectivity index (χ4n) is 3.31. The topological polar surface area (TPSA) is 70.9 Å². The van der Waals surface area contributed by atoms with Gasteiger partial charge in [0, 0.05) is 17.2 Å². The first-order valence-electron chi connectivity index (χ1n) is 9.14. The Morgan fingerprint density at radius 2 is 1.61 bits per heavy atom. The molecule has 1 amide bonds. The zero-order chi connectivity index (χ0) is 19.3. The quantitative estimate of drug-likeness (QED) is 0.666. The average molecular weight is 372 g/mol. The van der Waals surface area contributed by atoms with E-state index in [0.29, 0.717) is 13.0 Å². The van der Waals surface area contributed by atoms with E-state index in [0.717, 1.165) is 33.8 Å². The van der Waals surface area contributed by atoms with Crippen LogP contribution in [-0.4, -0.2) is 29.6 Å². The molecule has 0 spiro atoms. The van der Waals surface area contributed by atoms with Crippen LogP contribution in [0.15, 0.2) is 83.9 Å². The third-order valence-corrected chi connectivity index (χ3v) is 4.62. The summed E-state index contributed by atoms with van der Waals surface area (Å²) in [6.07, 6.45) is -0.427. The van der Waals surface area contributed by atoms with Gasteiger partial charge in [0.25, 0.3) is 0 Å². The summed E-state index contributed by atoms with van der Waals surface area (Å²) in [7, 11) is 0. The summed E-state index contributed by atoms with van der Waals surface area (Å²) < 4.78 is 5.78. The lowest BCUT2D eigenvalue weighted by Crippen LogP contribution is -2.41. The van der Waals surface area contributed by atoms with Crippen LogP contribution < -0.4 is 10.1 Å². The number of carboxylic acid groups (broad SMARTS) is 1. The Hall–Kier alpha value is -3.60. The lowest BCUT2D eigenvalue weighted by Gasteiger charge is -2.25. The minimum atomic E-state index is -1.03. The van der Waals surface area contributed by atoms with Crippen LogP contribution in [0.1, 0.15) is 16.7 Å². The molecule has 1 aliphatic heterocycles. The van der Waals surface area contributed by atoms with E-state index in [4.69, 9.17) is 14.8 Å². The maximum atomic E-state index is 10.8. The number of ether oxygens (including phenoxy) is 1. The van der Waals surface area contributed by atoms with Gasteiger partial charge in [-0.1, -0.05) is 66.7 Å². The van der Waals surface area contributed by atoms with Crippen molar-refractivity contribution in [3.05, 3.63) is 95.6 Å². The molecular weight excluding hydrogens is 352 g/mol. The van der Waals surface area contributed by atoms with Gasteiger partial charge < -0.3 is 15.2 Å². The fourth-order valence-corrected chi connectivity index (χ4v) is 3.31. The Morgan fingerprint density at radius 1 is 0.964 bits per heavy atom. The van der Waals surface area contributed by atoms with E-state index in [1.165, 1.54) is 0 Å². The summed E-state index contributed by atoms with van der Waals surface area (Å²) in [6, 6.07) is 25.7. The van der Waals surface area contributed by atoms with Gasteiger partial charge in [0.05, 0.1) is 17.4 Å². The molecule has 3 aromatic carbocycles. The summed E-state index contributed by atoms with van der Waals surface area (Å²) in [4.78, 5) is 15.7. The van der Waals surface area contributed by atoms with Gasteiger partial charge >= 0.3 is 6.09 Å². The third kappa shape index (κ3) is 4.04. The van der Waals surface area contributed by atoms with E-state index in [1.807, 2.05) is 78.9 Å². The van der Waals surface area contributed by atoms with Gasteiger partial charge in [-0.25, -0.2) is 9.79 Å². The SMILES string of the molecule is O=C(O)NC1COc2cc(N=C(c3ccccc3)c3ccccc3)ccc2C1. The van der Waals surface area contributed by atoms with E-state index in [1.54, 1.807) is 0 Å². The zero-order valence-corrected chi connectivity index (χ0v) is 15.2. The van der Waals surface area contributed by atoms with Crippen LogP contribution in [0.5, 0.6) is 5.75 Å². The van der Waals surface area contributed by atoms with Gasteiger partial charge in [-0.15, -0.1) is 0 Å². The molecule has 0 saturated carbocycles. The minimum Gasteiger partial charge on any atom is -0.491 e.